The van der Waals surface area contributed by atoms with E-state index in [1.54, 1.807) is 6.92 Å². The lowest BCUT2D eigenvalue weighted by atomic mass is 9.93. The molecule has 1 aliphatic carbocycles. The quantitative estimate of drug-likeness (QED) is 0.624. The maximum absolute atomic E-state index is 12.8. The minimum absolute atomic E-state index is 0.136. The van der Waals surface area contributed by atoms with Crippen molar-refractivity contribution in [1.82, 2.24) is 0 Å². The Morgan fingerprint density at radius 1 is 1.38 bits per heavy atom. The minimum atomic E-state index is -1.41. The van der Waals surface area contributed by atoms with E-state index in [-0.39, 0.29) is 24.7 Å². The topological polar surface area (TPSA) is 26.3 Å². The Balaban J connectivity index is 2.50. The molecule has 0 aromatic carbocycles. The molecule has 0 radical (unpaired) electrons. The molecule has 0 heterocycles. The van der Waals surface area contributed by atoms with Crippen LogP contribution in [0.2, 0.25) is 0 Å². The molecule has 0 unspecified atom stereocenters. The highest BCUT2D eigenvalue weighted by Crippen LogP contribution is 2.35. The number of esters is 1. The second-order valence-electron chi connectivity index (χ2n) is 3.58. The molecule has 76 valence electrons. The summed E-state index contributed by atoms with van der Waals surface area (Å²) in [4.78, 5) is 11.0. The van der Waals surface area contributed by atoms with Gasteiger partial charge in [-0.1, -0.05) is 6.92 Å². The highest BCUT2D eigenvalue weighted by atomic mass is 19.2. The predicted molar refractivity (Wildman–Crippen MR) is 43.7 cm³/mol. The molecule has 3 atom stereocenters. The van der Waals surface area contributed by atoms with Crippen molar-refractivity contribution in [2.24, 2.45) is 11.8 Å². The second kappa shape index (κ2) is 4.03. The molecule has 0 aromatic heterocycles. The first-order chi connectivity index (χ1) is 6.06. The van der Waals surface area contributed by atoms with Crippen molar-refractivity contribution in [1.29, 1.82) is 0 Å². The van der Waals surface area contributed by atoms with Gasteiger partial charge in [0.05, 0.1) is 13.0 Å². The van der Waals surface area contributed by atoms with E-state index in [1.165, 1.54) is 7.11 Å². The fraction of sp³-hybridized carbons (Fsp3) is 0.889. The molecule has 0 spiro atoms. The Kier molecular flexibility index (Phi) is 3.22. The van der Waals surface area contributed by atoms with E-state index in [2.05, 4.69) is 4.74 Å². The van der Waals surface area contributed by atoms with E-state index in [0.29, 0.717) is 0 Å². The first kappa shape index (κ1) is 10.4. The van der Waals surface area contributed by atoms with E-state index < -0.39 is 18.3 Å². The fourth-order valence-electron chi connectivity index (χ4n) is 1.76. The van der Waals surface area contributed by atoms with Gasteiger partial charge in [-0.05, 0) is 18.8 Å². The van der Waals surface area contributed by atoms with Crippen LogP contribution in [-0.2, 0) is 9.53 Å². The van der Waals surface area contributed by atoms with E-state index in [0.717, 1.165) is 0 Å². The van der Waals surface area contributed by atoms with Crippen molar-refractivity contribution in [3.05, 3.63) is 0 Å². The molecule has 1 fully saturated rings. The molecule has 0 aliphatic heterocycles. The first-order valence-electron chi connectivity index (χ1n) is 4.42. The summed E-state index contributed by atoms with van der Waals surface area (Å²) in [5.74, 6) is -0.993. The monoisotopic (exact) mass is 192 g/mol. The van der Waals surface area contributed by atoms with Gasteiger partial charge in [-0.2, -0.15) is 0 Å². The van der Waals surface area contributed by atoms with Crippen LogP contribution in [0.3, 0.4) is 0 Å². The zero-order valence-corrected chi connectivity index (χ0v) is 7.80. The van der Waals surface area contributed by atoms with Crippen LogP contribution in [0.1, 0.15) is 19.8 Å². The summed E-state index contributed by atoms with van der Waals surface area (Å²) in [6, 6.07) is 0. The molecule has 1 rings (SSSR count). The molecule has 2 nitrogen and oxygen atoms in total. The second-order valence-corrected chi connectivity index (χ2v) is 3.58. The van der Waals surface area contributed by atoms with Crippen LogP contribution >= 0.6 is 0 Å². The Labute approximate surface area is 76.3 Å². The van der Waals surface area contributed by atoms with Crippen LogP contribution in [0.25, 0.3) is 0 Å². The molecule has 1 saturated carbocycles. The average Bonchev–Trinajstić information content (AvgIpc) is 2.44. The number of hydrogen-bond acceptors (Lipinski definition) is 2. The van der Waals surface area contributed by atoms with E-state index >= 15 is 0 Å². The molecule has 0 bridgehead atoms. The molecule has 4 heteroatoms. The zero-order chi connectivity index (χ0) is 10.0. The summed E-state index contributed by atoms with van der Waals surface area (Å²) >= 11 is 0. The van der Waals surface area contributed by atoms with Gasteiger partial charge < -0.3 is 4.74 Å². The van der Waals surface area contributed by atoms with E-state index in [9.17, 15) is 13.6 Å². The third kappa shape index (κ3) is 2.17. The van der Waals surface area contributed by atoms with Gasteiger partial charge in [-0.25, -0.2) is 8.78 Å². The van der Waals surface area contributed by atoms with Crippen LogP contribution in [-0.4, -0.2) is 25.4 Å². The number of carbonyl (C=O) groups is 1. The number of carbonyl (C=O) groups excluding carboxylic acids is 1. The lowest BCUT2D eigenvalue weighted by molar-refractivity contribution is -0.146. The molecular formula is C9H14F2O2. The third-order valence-electron chi connectivity index (χ3n) is 2.73. The van der Waals surface area contributed by atoms with E-state index in [1.807, 2.05) is 0 Å². The minimum Gasteiger partial charge on any atom is -0.469 e. The van der Waals surface area contributed by atoms with Crippen molar-refractivity contribution in [3.8, 4) is 0 Å². The predicted octanol–water partition coefficient (Wildman–Crippen LogP) is 1.88. The number of hydrogen-bond donors (Lipinski definition) is 0. The summed E-state index contributed by atoms with van der Waals surface area (Å²) in [6.07, 6.45) is -2.54. The standard InChI is InChI=1S/C9H14F2O2/c1-5(9(12)13-2)6-3-7(10)8(11)4-6/h5-8H,3-4H2,1-2H3/t5-,7-,8-/m0/s1. The van der Waals surface area contributed by atoms with Gasteiger partial charge in [0, 0.05) is 0 Å². The summed E-state index contributed by atoms with van der Waals surface area (Å²) < 4.78 is 30.0. The molecule has 13 heavy (non-hydrogen) atoms. The van der Waals surface area contributed by atoms with Crippen LogP contribution in [0.15, 0.2) is 0 Å². The molecule has 0 amide bonds. The maximum atomic E-state index is 12.8. The average molecular weight is 192 g/mol. The fourth-order valence-corrected chi connectivity index (χ4v) is 1.76. The van der Waals surface area contributed by atoms with Crippen LogP contribution in [0.5, 0.6) is 0 Å². The van der Waals surface area contributed by atoms with E-state index in [4.69, 9.17) is 0 Å². The van der Waals surface area contributed by atoms with Crippen LogP contribution < -0.4 is 0 Å². The van der Waals surface area contributed by atoms with Gasteiger partial charge in [0.2, 0.25) is 0 Å². The van der Waals surface area contributed by atoms with Crippen molar-refractivity contribution < 1.29 is 18.3 Å². The third-order valence-corrected chi connectivity index (χ3v) is 2.73. The summed E-state index contributed by atoms with van der Waals surface area (Å²) in [5.41, 5.74) is 0. The molecule has 0 saturated heterocycles. The van der Waals surface area contributed by atoms with Gasteiger partial charge >= 0.3 is 5.97 Å². The Morgan fingerprint density at radius 3 is 2.23 bits per heavy atom. The molecular weight excluding hydrogens is 178 g/mol. The number of rotatable bonds is 2. The Bertz CT molecular complexity index is 186. The van der Waals surface area contributed by atoms with Crippen LogP contribution in [0, 0.1) is 11.8 Å². The summed E-state index contributed by atoms with van der Waals surface area (Å²) in [6.45, 7) is 1.65. The van der Waals surface area contributed by atoms with Gasteiger partial charge in [0.25, 0.3) is 0 Å². The molecule has 1 aliphatic rings. The molecule has 0 aromatic rings. The van der Waals surface area contributed by atoms with Crippen molar-refractivity contribution in [3.63, 3.8) is 0 Å². The largest absolute Gasteiger partial charge is 0.469 e. The molecule has 0 N–H and O–H groups in total. The van der Waals surface area contributed by atoms with Gasteiger partial charge in [-0.3, -0.25) is 4.79 Å². The highest BCUT2D eigenvalue weighted by Gasteiger charge is 2.39. The zero-order valence-electron chi connectivity index (χ0n) is 7.80. The number of halogens is 2. The Hall–Kier alpha value is -0.670. The summed E-state index contributed by atoms with van der Waals surface area (Å²) in [5, 5.41) is 0. The van der Waals surface area contributed by atoms with Crippen molar-refractivity contribution in [2.45, 2.75) is 32.1 Å². The van der Waals surface area contributed by atoms with Crippen molar-refractivity contribution >= 4 is 5.97 Å². The number of methoxy groups -OCH3 is 1. The highest BCUT2D eigenvalue weighted by molar-refractivity contribution is 5.72. The van der Waals surface area contributed by atoms with Crippen molar-refractivity contribution in [2.75, 3.05) is 7.11 Å². The maximum Gasteiger partial charge on any atom is 0.308 e. The number of ether oxygens (including phenoxy) is 1. The van der Waals surface area contributed by atoms with Gasteiger partial charge in [-0.15, -0.1) is 0 Å². The normalized spacial score (nSPS) is 31.7. The number of alkyl halides is 2. The lowest BCUT2D eigenvalue weighted by Crippen LogP contribution is -2.20. The lowest BCUT2D eigenvalue weighted by Gasteiger charge is -2.15. The summed E-state index contributed by atoms with van der Waals surface area (Å²) in [7, 11) is 1.29. The van der Waals surface area contributed by atoms with Gasteiger partial charge in [0.1, 0.15) is 12.3 Å². The SMILES string of the molecule is COC(=O)[C@@H](C)C1C[C@H](F)[C@@H](F)C1. The smallest absolute Gasteiger partial charge is 0.308 e. The first-order valence-corrected chi connectivity index (χ1v) is 4.42. The van der Waals surface area contributed by atoms with Crippen LogP contribution in [0.4, 0.5) is 8.78 Å². The Morgan fingerprint density at radius 2 is 1.85 bits per heavy atom. The van der Waals surface area contributed by atoms with Gasteiger partial charge in [0.15, 0.2) is 0 Å².